The highest BCUT2D eigenvalue weighted by Crippen LogP contribution is 2.02. The van der Waals surface area contributed by atoms with Gasteiger partial charge in [-0.2, -0.15) is 0 Å². The Morgan fingerprint density at radius 1 is 1.53 bits per heavy atom. The summed E-state index contributed by atoms with van der Waals surface area (Å²) >= 11 is 0. The predicted molar refractivity (Wildman–Crippen MR) is 56.7 cm³/mol. The van der Waals surface area contributed by atoms with Crippen LogP contribution in [0.1, 0.15) is 6.92 Å². The first kappa shape index (κ1) is 12.4. The van der Waals surface area contributed by atoms with Gasteiger partial charge in [0.25, 0.3) is 0 Å². The molecule has 0 aromatic rings. The van der Waals surface area contributed by atoms with Gasteiger partial charge in [-0.3, -0.25) is 4.79 Å². The minimum atomic E-state index is 0.0695. The van der Waals surface area contributed by atoms with Crippen LogP contribution in [-0.4, -0.2) is 63.4 Å². The van der Waals surface area contributed by atoms with Gasteiger partial charge in [-0.25, -0.2) is 0 Å². The third kappa shape index (κ3) is 4.15. The molecule has 0 unspecified atom stereocenters. The minimum absolute atomic E-state index is 0.0695. The van der Waals surface area contributed by atoms with E-state index in [4.69, 9.17) is 9.47 Å². The molecule has 5 nitrogen and oxygen atoms in total. The number of rotatable bonds is 5. The summed E-state index contributed by atoms with van der Waals surface area (Å²) in [6.45, 7) is 5.71. The number of nitrogens with zero attached hydrogens (tertiary/aromatic N) is 1. The first-order valence-corrected chi connectivity index (χ1v) is 5.32. The first-order valence-electron chi connectivity index (χ1n) is 5.32. The average Bonchev–Trinajstić information content (AvgIpc) is 2.25. The van der Waals surface area contributed by atoms with E-state index in [2.05, 4.69) is 5.32 Å². The summed E-state index contributed by atoms with van der Waals surface area (Å²) in [5.74, 6) is 0.0695. The van der Waals surface area contributed by atoms with E-state index in [1.54, 1.807) is 7.11 Å². The van der Waals surface area contributed by atoms with Crippen LogP contribution in [0.2, 0.25) is 0 Å². The Hall–Kier alpha value is -0.650. The first-order chi connectivity index (χ1) is 7.25. The molecule has 1 saturated heterocycles. The Labute approximate surface area is 90.7 Å². The van der Waals surface area contributed by atoms with Crippen LogP contribution in [0, 0.1) is 0 Å². The molecule has 0 radical (unpaired) electrons. The third-order valence-corrected chi connectivity index (χ3v) is 2.48. The third-order valence-electron chi connectivity index (χ3n) is 2.48. The fourth-order valence-corrected chi connectivity index (χ4v) is 1.60. The van der Waals surface area contributed by atoms with Crippen molar-refractivity contribution in [1.29, 1.82) is 0 Å². The lowest BCUT2D eigenvalue weighted by molar-refractivity contribution is -0.139. The molecule has 88 valence electrons. The molecule has 1 aliphatic rings. The van der Waals surface area contributed by atoms with E-state index in [1.807, 2.05) is 11.8 Å². The number of carbonyl (C=O) groups is 1. The lowest BCUT2D eigenvalue weighted by Crippen LogP contribution is -2.53. The topological polar surface area (TPSA) is 50.8 Å². The molecule has 0 saturated carbocycles. The van der Waals surface area contributed by atoms with Crippen molar-refractivity contribution < 1.29 is 14.3 Å². The molecule has 1 heterocycles. The van der Waals surface area contributed by atoms with E-state index in [0.29, 0.717) is 13.2 Å². The molecule has 1 aliphatic heterocycles. The van der Waals surface area contributed by atoms with Gasteiger partial charge in [-0.05, 0) is 6.92 Å². The van der Waals surface area contributed by atoms with E-state index in [9.17, 15) is 4.79 Å². The molecule has 1 N–H and O–H groups in total. The van der Waals surface area contributed by atoms with Crippen molar-refractivity contribution in [1.82, 2.24) is 10.2 Å². The van der Waals surface area contributed by atoms with Crippen LogP contribution in [0.15, 0.2) is 0 Å². The van der Waals surface area contributed by atoms with Crippen LogP contribution in [0.4, 0.5) is 0 Å². The second kappa shape index (κ2) is 6.76. The number of methoxy groups -OCH3 is 1. The molecule has 0 aliphatic carbocycles. The SMILES string of the molecule is COCCOCC(=O)N1CCNC[C@@H]1C. The van der Waals surface area contributed by atoms with Gasteiger partial charge in [-0.1, -0.05) is 0 Å². The van der Waals surface area contributed by atoms with Crippen molar-refractivity contribution in [3.05, 3.63) is 0 Å². The number of hydrogen-bond acceptors (Lipinski definition) is 4. The van der Waals surface area contributed by atoms with E-state index >= 15 is 0 Å². The number of ether oxygens (including phenoxy) is 2. The molecule has 0 spiro atoms. The van der Waals surface area contributed by atoms with Crippen molar-refractivity contribution in [2.75, 3.05) is 46.6 Å². The molecule has 5 heteroatoms. The fraction of sp³-hybridized carbons (Fsp3) is 0.900. The van der Waals surface area contributed by atoms with Gasteiger partial charge in [0, 0.05) is 32.8 Å². The Kier molecular flexibility index (Phi) is 5.60. The molecule has 0 aromatic heterocycles. The summed E-state index contributed by atoms with van der Waals surface area (Å²) in [5.41, 5.74) is 0. The second-order valence-electron chi connectivity index (χ2n) is 3.69. The van der Waals surface area contributed by atoms with Gasteiger partial charge in [0.05, 0.1) is 13.2 Å². The quantitative estimate of drug-likeness (QED) is 0.628. The van der Waals surface area contributed by atoms with Crippen LogP contribution in [-0.2, 0) is 14.3 Å². The average molecular weight is 216 g/mol. The summed E-state index contributed by atoms with van der Waals surface area (Å²) in [7, 11) is 1.61. The summed E-state index contributed by atoms with van der Waals surface area (Å²) in [6.07, 6.45) is 0. The Bertz CT molecular complexity index is 199. The fourth-order valence-electron chi connectivity index (χ4n) is 1.60. The lowest BCUT2D eigenvalue weighted by atomic mass is 10.2. The molecule has 1 rings (SSSR count). The largest absolute Gasteiger partial charge is 0.382 e. The Morgan fingerprint density at radius 3 is 3.00 bits per heavy atom. The standard InChI is InChI=1S/C10H20N2O3/c1-9-7-11-3-4-12(9)10(13)8-15-6-5-14-2/h9,11H,3-8H2,1-2H3/t9-/m0/s1. The smallest absolute Gasteiger partial charge is 0.248 e. The highest BCUT2D eigenvalue weighted by atomic mass is 16.5. The van der Waals surface area contributed by atoms with E-state index in [-0.39, 0.29) is 18.6 Å². The van der Waals surface area contributed by atoms with Gasteiger partial charge in [-0.15, -0.1) is 0 Å². The molecule has 15 heavy (non-hydrogen) atoms. The van der Waals surface area contributed by atoms with Crippen LogP contribution >= 0.6 is 0 Å². The zero-order valence-corrected chi connectivity index (χ0v) is 9.49. The predicted octanol–water partition coefficient (Wildman–Crippen LogP) is -0.530. The van der Waals surface area contributed by atoms with Gasteiger partial charge in [0.2, 0.25) is 5.91 Å². The van der Waals surface area contributed by atoms with Crippen molar-refractivity contribution in [2.45, 2.75) is 13.0 Å². The number of amides is 1. The van der Waals surface area contributed by atoms with Crippen LogP contribution < -0.4 is 5.32 Å². The molecule has 1 fully saturated rings. The number of nitrogens with one attached hydrogen (secondary N) is 1. The van der Waals surface area contributed by atoms with Crippen molar-refractivity contribution >= 4 is 5.91 Å². The van der Waals surface area contributed by atoms with Crippen LogP contribution in [0.5, 0.6) is 0 Å². The van der Waals surface area contributed by atoms with Crippen molar-refractivity contribution in [2.24, 2.45) is 0 Å². The molecular weight excluding hydrogens is 196 g/mol. The summed E-state index contributed by atoms with van der Waals surface area (Å²) < 4.78 is 10.0. The number of carbonyl (C=O) groups excluding carboxylic acids is 1. The summed E-state index contributed by atoms with van der Waals surface area (Å²) in [6, 6.07) is 0.261. The second-order valence-corrected chi connectivity index (χ2v) is 3.69. The lowest BCUT2D eigenvalue weighted by Gasteiger charge is -2.33. The van der Waals surface area contributed by atoms with E-state index in [1.165, 1.54) is 0 Å². The molecule has 0 aromatic carbocycles. The molecule has 0 bridgehead atoms. The highest BCUT2D eigenvalue weighted by molar-refractivity contribution is 5.77. The molecule has 1 atom stereocenters. The zero-order valence-electron chi connectivity index (χ0n) is 9.49. The Balaban J connectivity index is 2.20. The maximum Gasteiger partial charge on any atom is 0.248 e. The maximum atomic E-state index is 11.7. The van der Waals surface area contributed by atoms with E-state index < -0.39 is 0 Å². The van der Waals surface area contributed by atoms with Crippen LogP contribution in [0.25, 0.3) is 0 Å². The minimum Gasteiger partial charge on any atom is -0.382 e. The number of hydrogen-bond donors (Lipinski definition) is 1. The summed E-state index contributed by atoms with van der Waals surface area (Å²) in [5, 5.41) is 3.24. The zero-order chi connectivity index (χ0) is 11.1. The maximum absolute atomic E-state index is 11.7. The van der Waals surface area contributed by atoms with Gasteiger partial charge in [0.15, 0.2) is 0 Å². The van der Waals surface area contributed by atoms with Crippen molar-refractivity contribution in [3.8, 4) is 0 Å². The molecule has 1 amide bonds. The van der Waals surface area contributed by atoms with Gasteiger partial charge in [0.1, 0.15) is 6.61 Å². The Morgan fingerprint density at radius 2 is 2.33 bits per heavy atom. The normalized spacial score (nSPS) is 21.7. The van der Waals surface area contributed by atoms with E-state index in [0.717, 1.165) is 19.6 Å². The number of piperazine rings is 1. The van der Waals surface area contributed by atoms with Crippen LogP contribution in [0.3, 0.4) is 0 Å². The monoisotopic (exact) mass is 216 g/mol. The van der Waals surface area contributed by atoms with Gasteiger partial charge < -0.3 is 19.7 Å². The molecular formula is C10H20N2O3. The summed E-state index contributed by atoms with van der Waals surface area (Å²) in [4.78, 5) is 13.6. The highest BCUT2D eigenvalue weighted by Gasteiger charge is 2.22. The van der Waals surface area contributed by atoms with Crippen molar-refractivity contribution in [3.63, 3.8) is 0 Å². The van der Waals surface area contributed by atoms with Gasteiger partial charge >= 0.3 is 0 Å².